The summed E-state index contributed by atoms with van der Waals surface area (Å²) in [7, 11) is 0. The smallest absolute Gasteiger partial charge is 0.227 e. The van der Waals surface area contributed by atoms with Gasteiger partial charge in [0, 0.05) is 44.7 Å². The molecule has 6 heteroatoms. The zero-order chi connectivity index (χ0) is 19.9. The van der Waals surface area contributed by atoms with Crippen molar-refractivity contribution in [2.24, 2.45) is 5.92 Å². The first kappa shape index (κ1) is 20.4. The zero-order valence-electron chi connectivity index (χ0n) is 16.8. The molecule has 1 N–H and O–H groups in total. The van der Waals surface area contributed by atoms with Crippen LogP contribution in [0.4, 0.5) is 5.69 Å². The van der Waals surface area contributed by atoms with Gasteiger partial charge in [0.05, 0.1) is 5.92 Å². The molecule has 0 aliphatic carbocycles. The summed E-state index contributed by atoms with van der Waals surface area (Å²) in [5.41, 5.74) is 2.05. The van der Waals surface area contributed by atoms with Crippen molar-refractivity contribution >= 4 is 23.4 Å². The van der Waals surface area contributed by atoms with E-state index in [-0.39, 0.29) is 30.1 Å². The molecule has 6 nitrogen and oxygen atoms in total. The molecule has 2 saturated heterocycles. The van der Waals surface area contributed by atoms with Gasteiger partial charge in [-0.05, 0) is 37.3 Å². The predicted octanol–water partition coefficient (Wildman–Crippen LogP) is 2.51. The number of nitrogens with one attached hydrogen (secondary N) is 1. The molecule has 2 fully saturated rings. The number of hydrogen-bond donors (Lipinski definition) is 1. The van der Waals surface area contributed by atoms with E-state index in [1.165, 1.54) is 0 Å². The molecule has 0 aromatic heterocycles. The third-order valence-electron chi connectivity index (χ3n) is 5.73. The van der Waals surface area contributed by atoms with E-state index in [0.717, 1.165) is 49.9 Å². The molecule has 2 heterocycles. The second kappa shape index (κ2) is 9.71. The monoisotopic (exact) mass is 385 g/mol. The fourth-order valence-electron chi connectivity index (χ4n) is 4.09. The van der Waals surface area contributed by atoms with E-state index in [1.807, 2.05) is 29.2 Å². The molecule has 0 radical (unpaired) electrons. The van der Waals surface area contributed by atoms with E-state index in [0.29, 0.717) is 26.1 Å². The lowest BCUT2D eigenvalue weighted by atomic mass is 10.1. The third kappa shape index (κ3) is 4.91. The largest absolute Gasteiger partial charge is 0.356 e. The minimum Gasteiger partial charge on any atom is -0.356 e. The summed E-state index contributed by atoms with van der Waals surface area (Å²) in [4.78, 5) is 40.7. The molecule has 0 spiro atoms. The number of amides is 3. The number of carbonyl (C=O) groups excluding carboxylic acids is 3. The Morgan fingerprint density at radius 1 is 1.14 bits per heavy atom. The van der Waals surface area contributed by atoms with Crippen molar-refractivity contribution in [2.45, 2.75) is 51.9 Å². The van der Waals surface area contributed by atoms with E-state index in [4.69, 9.17) is 0 Å². The Hall–Kier alpha value is -2.37. The summed E-state index contributed by atoms with van der Waals surface area (Å²) in [5.74, 6) is -0.129. The molecular weight excluding hydrogens is 354 g/mol. The maximum atomic E-state index is 12.5. The van der Waals surface area contributed by atoms with Gasteiger partial charge in [-0.2, -0.15) is 0 Å². The Kier molecular flexibility index (Phi) is 7.06. The first-order valence-electron chi connectivity index (χ1n) is 10.5. The topological polar surface area (TPSA) is 69.7 Å². The Morgan fingerprint density at radius 3 is 2.79 bits per heavy atom. The molecule has 1 unspecified atom stereocenters. The molecule has 2 aliphatic rings. The highest BCUT2D eigenvalue weighted by Crippen LogP contribution is 2.28. The van der Waals surface area contributed by atoms with E-state index in [1.54, 1.807) is 4.90 Å². The molecule has 3 amide bonds. The van der Waals surface area contributed by atoms with E-state index >= 15 is 0 Å². The van der Waals surface area contributed by atoms with Crippen LogP contribution in [-0.4, -0.2) is 48.8 Å². The highest BCUT2D eigenvalue weighted by molar-refractivity contribution is 6.00. The van der Waals surface area contributed by atoms with Crippen LogP contribution in [0, 0.1) is 5.92 Å². The van der Waals surface area contributed by atoms with Crippen molar-refractivity contribution in [3.05, 3.63) is 29.8 Å². The molecule has 152 valence electrons. The molecule has 28 heavy (non-hydrogen) atoms. The van der Waals surface area contributed by atoms with Gasteiger partial charge in [0.15, 0.2) is 0 Å². The van der Waals surface area contributed by atoms with Gasteiger partial charge in [-0.15, -0.1) is 0 Å². The van der Waals surface area contributed by atoms with Crippen LogP contribution in [0.15, 0.2) is 24.3 Å². The summed E-state index contributed by atoms with van der Waals surface area (Å²) in [6.07, 6.45) is 5.68. The maximum absolute atomic E-state index is 12.5. The van der Waals surface area contributed by atoms with Crippen LogP contribution < -0.4 is 10.2 Å². The van der Waals surface area contributed by atoms with E-state index < -0.39 is 0 Å². The van der Waals surface area contributed by atoms with Crippen molar-refractivity contribution in [3.8, 4) is 0 Å². The number of carbonyl (C=O) groups is 3. The SMILES string of the molecule is CCc1ccccc1N1CC(C(=O)NCCCN2CCCCCC2=O)CC1=O. The Morgan fingerprint density at radius 2 is 1.96 bits per heavy atom. The first-order valence-corrected chi connectivity index (χ1v) is 10.5. The number of rotatable bonds is 7. The van der Waals surface area contributed by atoms with Crippen molar-refractivity contribution in [1.29, 1.82) is 0 Å². The van der Waals surface area contributed by atoms with Gasteiger partial charge >= 0.3 is 0 Å². The van der Waals surface area contributed by atoms with Gasteiger partial charge in [-0.1, -0.05) is 31.5 Å². The second-order valence-corrected chi connectivity index (χ2v) is 7.72. The number of aryl methyl sites for hydroxylation is 1. The van der Waals surface area contributed by atoms with Crippen LogP contribution in [0.5, 0.6) is 0 Å². The number of nitrogens with zero attached hydrogens (tertiary/aromatic N) is 2. The van der Waals surface area contributed by atoms with Gasteiger partial charge in [-0.3, -0.25) is 14.4 Å². The average molecular weight is 386 g/mol. The Labute approximate surface area is 167 Å². The summed E-state index contributed by atoms with van der Waals surface area (Å²) in [5, 5.41) is 2.96. The second-order valence-electron chi connectivity index (χ2n) is 7.72. The summed E-state index contributed by atoms with van der Waals surface area (Å²) in [6.45, 7) is 4.57. The molecule has 0 bridgehead atoms. The average Bonchev–Trinajstić information content (AvgIpc) is 2.98. The van der Waals surface area contributed by atoms with Gasteiger partial charge in [0.2, 0.25) is 17.7 Å². The minimum atomic E-state index is -0.308. The van der Waals surface area contributed by atoms with Crippen LogP contribution in [0.25, 0.3) is 0 Å². The first-order chi connectivity index (χ1) is 13.6. The molecule has 0 saturated carbocycles. The minimum absolute atomic E-state index is 0.0104. The summed E-state index contributed by atoms with van der Waals surface area (Å²) < 4.78 is 0. The molecule has 3 rings (SSSR count). The number of para-hydroxylation sites is 1. The van der Waals surface area contributed by atoms with Gasteiger partial charge in [-0.25, -0.2) is 0 Å². The molecular formula is C22H31N3O3. The highest BCUT2D eigenvalue weighted by atomic mass is 16.2. The summed E-state index contributed by atoms with van der Waals surface area (Å²) >= 11 is 0. The van der Waals surface area contributed by atoms with Crippen molar-refractivity contribution < 1.29 is 14.4 Å². The van der Waals surface area contributed by atoms with E-state index in [9.17, 15) is 14.4 Å². The molecule has 2 aliphatic heterocycles. The van der Waals surface area contributed by atoms with Crippen molar-refractivity contribution in [1.82, 2.24) is 10.2 Å². The van der Waals surface area contributed by atoms with Crippen molar-refractivity contribution in [3.63, 3.8) is 0 Å². The zero-order valence-corrected chi connectivity index (χ0v) is 16.8. The molecule has 1 atom stereocenters. The Bertz CT molecular complexity index is 719. The van der Waals surface area contributed by atoms with Crippen LogP contribution in [-0.2, 0) is 20.8 Å². The molecule has 1 aromatic rings. The van der Waals surface area contributed by atoms with Crippen LogP contribution in [0.2, 0.25) is 0 Å². The lowest BCUT2D eigenvalue weighted by Crippen LogP contribution is -2.36. The number of hydrogen-bond acceptors (Lipinski definition) is 3. The fraction of sp³-hybridized carbons (Fsp3) is 0.591. The normalized spacial score (nSPS) is 20.4. The van der Waals surface area contributed by atoms with Crippen LogP contribution >= 0.6 is 0 Å². The lowest BCUT2D eigenvalue weighted by molar-refractivity contribution is -0.130. The van der Waals surface area contributed by atoms with Gasteiger partial charge in [0.1, 0.15) is 0 Å². The predicted molar refractivity (Wildman–Crippen MR) is 109 cm³/mol. The Balaban J connectivity index is 1.46. The van der Waals surface area contributed by atoms with Gasteiger partial charge in [0.25, 0.3) is 0 Å². The lowest BCUT2D eigenvalue weighted by Gasteiger charge is -2.21. The number of likely N-dealkylation sites (tertiary alicyclic amines) is 1. The quantitative estimate of drug-likeness (QED) is 0.733. The fourth-order valence-corrected chi connectivity index (χ4v) is 4.09. The van der Waals surface area contributed by atoms with Gasteiger partial charge < -0.3 is 15.1 Å². The van der Waals surface area contributed by atoms with E-state index in [2.05, 4.69) is 12.2 Å². The third-order valence-corrected chi connectivity index (χ3v) is 5.73. The number of anilines is 1. The number of benzene rings is 1. The summed E-state index contributed by atoms with van der Waals surface area (Å²) in [6, 6.07) is 7.89. The molecule has 1 aromatic carbocycles. The highest BCUT2D eigenvalue weighted by Gasteiger charge is 2.35. The standard InChI is InChI=1S/C22H31N3O3/c1-2-17-9-5-6-10-19(17)25-16-18(15-21(25)27)22(28)23-12-8-14-24-13-7-3-4-11-20(24)26/h5-6,9-10,18H,2-4,7-8,11-16H2,1H3,(H,23,28). The van der Waals surface area contributed by atoms with Crippen LogP contribution in [0.3, 0.4) is 0 Å². The van der Waals surface area contributed by atoms with Crippen molar-refractivity contribution in [2.75, 3.05) is 31.1 Å². The van der Waals surface area contributed by atoms with Crippen LogP contribution in [0.1, 0.15) is 51.0 Å². The maximum Gasteiger partial charge on any atom is 0.227 e.